The third-order valence-corrected chi connectivity index (χ3v) is 2.66. The Morgan fingerprint density at radius 3 is 2.28 bits per heavy atom. The summed E-state index contributed by atoms with van der Waals surface area (Å²) in [5.41, 5.74) is 5.78. The summed E-state index contributed by atoms with van der Waals surface area (Å²) in [7, 11) is 0. The van der Waals surface area contributed by atoms with Gasteiger partial charge in [0.05, 0.1) is 0 Å². The Kier molecular flexibility index (Phi) is 10.8. The van der Waals surface area contributed by atoms with Crippen molar-refractivity contribution in [2.24, 2.45) is 16.6 Å². The fourth-order valence-corrected chi connectivity index (χ4v) is 1.82. The molecule has 0 atom stereocenters. The van der Waals surface area contributed by atoms with Gasteiger partial charge in [0.1, 0.15) is 0 Å². The second kappa shape index (κ2) is 11.3. The summed E-state index contributed by atoms with van der Waals surface area (Å²) in [5, 5.41) is 3.18. The molecule has 0 amide bonds. The molecule has 0 unspecified atom stereocenters. The van der Waals surface area contributed by atoms with Crippen LogP contribution in [0.2, 0.25) is 0 Å². The van der Waals surface area contributed by atoms with E-state index in [1.807, 2.05) is 0 Å². The quantitative estimate of drug-likeness (QED) is 0.357. The molecule has 0 spiro atoms. The van der Waals surface area contributed by atoms with Crippen molar-refractivity contribution in [3.63, 3.8) is 0 Å². The Balaban J connectivity index is 3.66. The largest absolute Gasteiger partial charge is 0.370 e. The number of hydrogen-bond donors (Lipinski definition) is 2. The average molecular weight is 256 g/mol. The maximum Gasteiger partial charge on any atom is 0.188 e. The molecule has 0 saturated heterocycles. The molecule has 0 rings (SSSR count). The van der Waals surface area contributed by atoms with Gasteiger partial charge in [-0.3, -0.25) is 4.99 Å². The fourth-order valence-electron chi connectivity index (χ4n) is 1.82. The molecule has 0 bridgehead atoms. The highest BCUT2D eigenvalue weighted by molar-refractivity contribution is 5.77. The number of hydrogen-bond acceptors (Lipinski definition) is 2. The van der Waals surface area contributed by atoms with Gasteiger partial charge in [0.25, 0.3) is 0 Å². The zero-order valence-corrected chi connectivity index (χ0v) is 12.7. The molecule has 108 valence electrons. The summed E-state index contributed by atoms with van der Waals surface area (Å²) < 4.78 is 0. The van der Waals surface area contributed by atoms with Crippen LogP contribution in [0.15, 0.2) is 4.99 Å². The van der Waals surface area contributed by atoms with Crippen LogP contribution in [0.5, 0.6) is 0 Å². The summed E-state index contributed by atoms with van der Waals surface area (Å²) >= 11 is 0. The summed E-state index contributed by atoms with van der Waals surface area (Å²) in [4.78, 5) is 6.80. The highest BCUT2D eigenvalue weighted by Crippen LogP contribution is 1.95. The number of nitrogens with two attached hydrogens (primary N) is 1. The van der Waals surface area contributed by atoms with Crippen molar-refractivity contribution in [1.82, 2.24) is 10.2 Å². The minimum atomic E-state index is 0.565. The first kappa shape index (κ1) is 17.2. The average Bonchev–Trinajstić information content (AvgIpc) is 2.32. The van der Waals surface area contributed by atoms with E-state index in [4.69, 9.17) is 5.73 Å². The molecule has 0 aromatic rings. The van der Waals surface area contributed by atoms with Gasteiger partial charge >= 0.3 is 0 Å². The Morgan fingerprint density at radius 2 is 1.78 bits per heavy atom. The van der Waals surface area contributed by atoms with Crippen molar-refractivity contribution in [2.45, 2.75) is 47.0 Å². The minimum absolute atomic E-state index is 0.565. The van der Waals surface area contributed by atoms with Crippen LogP contribution in [0.3, 0.4) is 0 Å². The van der Waals surface area contributed by atoms with E-state index in [9.17, 15) is 0 Å². The van der Waals surface area contributed by atoms with E-state index in [0.717, 1.165) is 26.1 Å². The maximum absolute atomic E-state index is 5.78. The summed E-state index contributed by atoms with van der Waals surface area (Å²) in [6, 6.07) is 0. The first-order valence-electron chi connectivity index (χ1n) is 7.36. The Labute approximate surface area is 113 Å². The summed E-state index contributed by atoms with van der Waals surface area (Å²) in [5.74, 6) is 1.15. The molecule has 3 N–H and O–H groups in total. The number of aliphatic imine (C=N–C) groups is 1. The first-order valence-corrected chi connectivity index (χ1v) is 7.36. The topological polar surface area (TPSA) is 53.6 Å². The molecule has 0 fully saturated rings. The number of rotatable bonds is 10. The van der Waals surface area contributed by atoms with E-state index < -0.39 is 0 Å². The van der Waals surface area contributed by atoms with E-state index >= 15 is 0 Å². The van der Waals surface area contributed by atoms with Gasteiger partial charge < -0.3 is 16.0 Å². The lowest BCUT2D eigenvalue weighted by Crippen LogP contribution is -2.35. The SMILES string of the molecule is CCCN(CCC)CCCNC(N)=NCC(C)C. The molecule has 0 saturated carbocycles. The van der Waals surface area contributed by atoms with Crippen LogP contribution in [-0.4, -0.2) is 43.6 Å². The molecular formula is C14H32N4. The zero-order chi connectivity index (χ0) is 13.8. The second-order valence-electron chi connectivity index (χ2n) is 5.24. The van der Waals surface area contributed by atoms with Crippen LogP contribution in [0.4, 0.5) is 0 Å². The Morgan fingerprint density at radius 1 is 1.17 bits per heavy atom. The van der Waals surface area contributed by atoms with Crippen LogP contribution in [0.25, 0.3) is 0 Å². The van der Waals surface area contributed by atoms with E-state index in [1.54, 1.807) is 0 Å². The van der Waals surface area contributed by atoms with Gasteiger partial charge in [-0.05, 0) is 44.8 Å². The molecule has 0 heterocycles. The van der Waals surface area contributed by atoms with E-state index in [1.165, 1.54) is 25.9 Å². The normalized spacial score (nSPS) is 12.4. The smallest absolute Gasteiger partial charge is 0.188 e. The third-order valence-electron chi connectivity index (χ3n) is 2.66. The first-order chi connectivity index (χ1) is 8.60. The highest BCUT2D eigenvalue weighted by atomic mass is 15.1. The second-order valence-corrected chi connectivity index (χ2v) is 5.24. The summed E-state index contributed by atoms with van der Waals surface area (Å²) in [6.45, 7) is 14.0. The fraction of sp³-hybridized carbons (Fsp3) is 0.929. The number of nitrogens with zero attached hydrogens (tertiary/aromatic N) is 2. The molecule has 0 aliphatic heterocycles. The van der Waals surface area contributed by atoms with Crippen molar-refractivity contribution >= 4 is 5.96 Å². The van der Waals surface area contributed by atoms with Gasteiger partial charge in [-0.15, -0.1) is 0 Å². The number of nitrogens with one attached hydrogen (secondary N) is 1. The lowest BCUT2D eigenvalue weighted by Gasteiger charge is -2.20. The van der Waals surface area contributed by atoms with Gasteiger partial charge in [0.2, 0.25) is 0 Å². The van der Waals surface area contributed by atoms with E-state index in [-0.39, 0.29) is 0 Å². The monoisotopic (exact) mass is 256 g/mol. The van der Waals surface area contributed by atoms with Crippen molar-refractivity contribution in [1.29, 1.82) is 0 Å². The molecule has 0 radical (unpaired) electrons. The van der Waals surface area contributed by atoms with Crippen molar-refractivity contribution in [3.8, 4) is 0 Å². The van der Waals surface area contributed by atoms with E-state index in [0.29, 0.717) is 11.9 Å². The minimum Gasteiger partial charge on any atom is -0.370 e. The van der Waals surface area contributed by atoms with Crippen LogP contribution in [-0.2, 0) is 0 Å². The van der Waals surface area contributed by atoms with Gasteiger partial charge in [0.15, 0.2) is 5.96 Å². The lowest BCUT2D eigenvalue weighted by molar-refractivity contribution is 0.272. The van der Waals surface area contributed by atoms with Crippen LogP contribution >= 0.6 is 0 Å². The van der Waals surface area contributed by atoms with Crippen LogP contribution in [0.1, 0.15) is 47.0 Å². The van der Waals surface area contributed by atoms with Gasteiger partial charge in [-0.2, -0.15) is 0 Å². The Hall–Kier alpha value is -0.770. The molecular weight excluding hydrogens is 224 g/mol. The molecule has 4 nitrogen and oxygen atoms in total. The Bertz CT molecular complexity index is 208. The van der Waals surface area contributed by atoms with Crippen molar-refractivity contribution in [2.75, 3.05) is 32.7 Å². The van der Waals surface area contributed by atoms with E-state index in [2.05, 4.69) is 42.9 Å². The molecule has 0 aliphatic rings. The van der Waals surface area contributed by atoms with Gasteiger partial charge in [0, 0.05) is 13.1 Å². The highest BCUT2D eigenvalue weighted by Gasteiger charge is 2.01. The zero-order valence-electron chi connectivity index (χ0n) is 12.7. The van der Waals surface area contributed by atoms with Crippen molar-refractivity contribution < 1.29 is 0 Å². The molecule has 18 heavy (non-hydrogen) atoms. The molecule has 0 aromatic heterocycles. The summed E-state index contributed by atoms with van der Waals surface area (Å²) in [6.07, 6.45) is 3.58. The van der Waals surface area contributed by atoms with Crippen LogP contribution in [0, 0.1) is 5.92 Å². The predicted molar refractivity (Wildman–Crippen MR) is 81.0 cm³/mol. The van der Waals surface area contributed by atoms with Crippen LogP contribution < -0.4 is 11.1 Å². The molecule has 4 heteroatoms. The third kappa shape index (κ3) is 10.4. The number of guanidine groups is 1. The van der Waals surface area contributed by atoms with Crippen molar-refractivity contribution in [3.05, 3.63) is 0 Å². The standard InChI is InChI=1S/C14H32N4/c1-5-9-18(10-6-2)11-7-8-16-14(15)17-12-13(3)4/h13H,5-12H2,1-4H3,(H3,15,16,17). The molecule has 0 aliphatic carbocycles. The maximum atomic E-state index is 5.78. The molecule has 0 aromatic carbocycles. The van der Waals surface area contributed by atoms with Gasteiger partial charge in [-0.1, -0.05) is 27.7 Å². The van der Waals surface area contributed by atoms with Gasteiger partial charge in [-0.25, -0.2) is 0 Å². The predicted octanol–water partition coefficient (Wildman–Crippen LogP) is 2.06. The lowest BCUT2D eigenvalue weighted by atomic mass is 10.2.